The van der Waals surface area contributed by atoms with Crippen LogP contribution in [-0.4, -0.2) is 19.3 Å². The lowest BCUT2D eigenvalue weighted by atomic mass is 9.98. The van der Waals surface area contributed by atoms with E-state index in [0.29, 0.717) is 12.0 Å². The van der Waals surface area contributed by atoms with Gasteiger partial charge in [-0.2, -0.15) is 0 Å². The molecule has 2 aromatic heterocycles. The highest BCUT2D eigenvalue weighted by Gasteiger charge is 2.38. The third-order valence-electron chi connectivity index (χ3n) is 5.65. The van der Waals surface area contributed by atoms with Gasteiger partial charge in [-0.1, -0.05) is 25.7 Å². The molecule has 0 spiro atoms. The minimum Gasteiger partial charge on any atom is -0.342 e. The second-order valence-electron chi connectivity index (χ2n) is 7.82. The van der Waals surface area contributed by atoms with Crippen molar-refractivity contribution in [1.82, 2.24) is 19.3 Å². The molecule has 2 heterocycles. The summed E-state index contributed by atoms with van der Waals surface area (Å²) in [5.74, 6) is 3.01. The van der Waals surface area contributed by atoms with Gasteiger partial charge in [0.25, 0.3) is 0 Å². The molecule has 0 amide bonds. The molecule has 4 nitrogen and oxygen atoms in total. The molecule has 2 aliphatic rings. The molecule has 0 radical (unpaired) electrons. The second-order valence-corrected chi connectivity index (χ2v) is 7.82. The zero-order valence-electron chi connectivity index (χ0n) is 14.4. The van der Waals surface area contributed by atoms with Gasteiger partial charge in [0.1, 0.15) is 5.82 Å². The molecule has 23 heavy (non-hydrogen) atoms. The fraction of sp³-hybridized carbons (Fsp3) is 0.684. The predicted molar refractivity (Wildman–Crippen MR) is 91.6 cm³/mol. The molecule has 4 rings (SSSR count). The Bertz CT molecular complexity index is 641. The van der Waals surface area contributed by atoms with Crippen LogP contribution >= 0.6 is 0 Å². The predicted octanol–water partition coefficient (Wildman–Crippen LogP) is 4.64. The zero-order chi connectivity index (χ0) is 15.9. The highest BCUT2D eigenvalue weighted by Crippen LogP contribution is 2.42. The summed E-state index contributed by atoms with van der Waals surface area (Å²) in [4.78, 5) is 0. The van der Waals surface area contributed by atoms with Crippen LogP contribution in [0.5, 0.6) is 0 Å². The SMILES string of the molecule is CC(C)(c1nnc(C2CCCCCC2)n1C1CC1)n1cccc1. The number of hydrogen-bond acceptors (Lipinski definition) is 2. The van der Waals surface area contributed by atoms with Crippen LogP contribution in [0.15, 0.2) is 24.5 Å². The first-order chi connectivity index (χ1) is 11.2. The van der Waals surface area contributed by atoms with E-state index < -0.39 is 0 Å². The van der Waals surface area contributed by atoms with E-state index in [1.807, 2.05) is 0 Å². The van der Waals surface area contributed by atoms with Crippen LogP contribution in [0, 0.1) is 0 Å². The summed E-state index contributed by atoms with van der Waals surface area (Å²) in [6.07, 6.45) is 14.9. The fourth-order valence-electron chi connectivity index (χ4n) is 4.05. The Labute approximate surface area is 138 Å². The van der Waals surface area contributed by atoms with Gasteiger partial charge >= 0.3 is 0 Å². The van der Waals surface area contributed by atoms with E-state index in [1.54, 1.807) is 0 Å². The first kappa shape index (κ1) is 15.0. The van der Waals surface area contributed by atoms with Crippen molar-refractivity contribution < 1.29 is 0 Å². The van der Waals surface area contributed by atoms with Crippen LogP contribution in [0.4, 0.5) is 0 Å². The van der Waals surface area contributed by atoms with Gasteiger partial charge in [-0.3, -0.25) is 0 Å². The van der Waals surface area contributed by atoms with Crippen molar-refractivity contribution in [2.24, 2.45) is 0 Å². The van der Waals surface area contributed by atoms with Crippen LogP contribution < -0.4 is 0 Å². The van der Waals surface area contributed by atoms with E-state index in [-0.39, 0.29) is 5.54 Å². The summed E-state index contributed by atoms with van der Waals surface area (Å²) in [5.41, 5.74) is -0.151. The molecular weight excluding hydrogens is 284 g/mol. The monoisotopic (exact) mass is 312 g/mol. The van der Waals surface area contributed by atoms with Crippen molar-refractivity contribution in [3.63, 3.8) is 0 Å². The molecule has 2 aromatic rings. The molecule has 0 bridgehead atoms. The molecule has 0 saturated heterocycles. The summed E-state index contributed by atoms with van der Waals surface area (Å²) in [7, 11) is 0. The first-order valence-electron chi connectivity index (χ1n) is 9.26. The maximum atomic E-state index is 4.72. The summed E-state index contributed by atoms with van der Waals surface area (Å²) in [5, 5.41) is 9.42. The van der Waals surface area contributed by atoms with Gasteiger partial charge in [0.2, 0.25) is 0 Å². The van der Waals surface area contributed by atoms with Crippen LogP contribution in [0.3, 0.4) is 0 Å². The summed E-state index contributed by atoms with van der Waals surface area (Å²) in [6.45, 7) is 4.51. The van der Waals surface area contributed by atoms with Gasteiger partial charge < -0.3 is 9.13 Å². The van der Waals surface area contributed by atoms with Gasteiger partial charge in [0.05, 0.1) is 5.54 Å². The Morgan fingerprint density at radius 2 is 1.57 bits per heavy atom. The number of aromatic nitrogens is 4. The number of hydrogen-bond donors (Lipinski definition) is 0. The molecule has 0 N–H and O–H groups in total. The van der Waals surface area contributed by atoms with Crippen LogP contribution in [0.2, 0.25) is 0 Å². The Balaban J connectivity index is 1.73. The highest BCUT2D eigenvalue weighted by atomic mass is 15.3. The first-order valence-corrected chi connectivity index (χ1v) is 9.26. The lowest BCUT2D eigenvalue weighted by molar-refractivity contribution is 0.383. The summed E-state index contributed by atoms with van der Waals surface area (Å²) < 4.78 is 4.77. The van der Waals surface area contributed by atoms with Crippen LogP contribution in [0.1, 0.15) is 88.8 Å². The van der Waals surface area contributed by atoms with Gasteiger partial charge in [-0.15, -0.1) is 10.2 Å². The standard InChI is InChI=1S/C19H28N4/c1-19(2,22-13-7-8-14-22)18-21-20-17(23(18)16-11-12-16)15-9-5-3-4-6-10-15/h7-8,13-16H,3-6,9-12H2,1-2H3. The highest BCUT2D eigenvalue weighted by molar-refractivity contribution is 5.16. The molecule has 2 saturated carbocycles. The number of rotatable bonds is 4. The van der Waals surface area contributed by atoms with Crippen LogP contribution in [0.25, 0.3) is 0 Å². The van der Waals surface area contributed by atoms with E-state index in [2.05, 4.69) is 47.5 Å². The molecule has 0 aromatic carbocycles. The number of nitrogens with zero attached hydrogens (tertiary/aromatic N) is 4. The third-order valence-corrected chi connectivity index (χ3v) is 5.65. The van der Waals surface area contributed by atoms with Gasteiger partial charge in [0.15, 0.2) is 5.82 Å². The lowest BCUT2D eigenvalue weighted by Crippen LogP contribution is -2.31. The second kappa shape index (κ2) is 5.81. The average Bonchev–Trinajstić information content (AvgIpc) is 3.13. The van der Waals surface area contributed by atoms with E-state index in [4.69, 9.17) is 10.2 Å². The van der Waals surface area contributed by atoms with Crippen molar-refractivity contribution in [3.05, 3.63) is 36.2 Å². The Kier molecular flexibility index (Phi) is 3.78. The minimum absolute atomic E-state index is 0.151. The quantitative estimate of drug-likeness (QED) is 0.771. The molecule has 0 unspecified atom stereocenters. The van der Waals surface area contributed by atoms with E-state index >= 15 is 0 Å². The molecule has 124 valence electrons. The largest absolute Gasteiger partial charge is 0.342 e. The lowest BCUT2D eigenvalue weighted by Gasteiger charge is -2.28. The Morgan fingerprint density at radius 1 is 0.913 bits per heavy atom. The smallest absolute Gasteiger partial charge is 0.159 e. The topological polar surface area (TPSA) is 35.6 Å². The maximum Gasteiger partial charge on any atom is 0.159 e. The molecule has 0 atom stereocenters. The zero-order valence-corrected chi connectivity index (χ0v) is 14.4. The Morgan fingerprint density at radius 3 is 2.17 bits per heavy atom. The van der Waals surface area contributed by atoms with E-state index in [9.17, 15) is 0 Å². The van der Waals surface area contributed by atoms with Crippen molar-refractivity contribution in [1.29, 1.82) is 0 Å². The minimum atomic E-state index is -0.151. The average molecular weight is 312 g/mol. The van der Waals surface area contributed by atoms with Crippen molar-refractivity contribution >= 4 is 0 Å². The molecule has 2 aliphatic carbocycles. The fourth-order valence-corrected chi connectivity index (χ4v) is 4.05. The van der Waals surface area contributed by atoms with Crippen molar-refractivity contribution in [2.75, 3.05) is 0 Å². The summed E-state index contributed by atoms with van der Waals surface area (Å²) in [6, 6.07) is 4.81. The normalized spacial score (nSPS) is 20.6. The van der Waals surface area contributed by atoms with Crippen molar-refractivity contribution in [2.45, 2.75) is 82.7 Å². The molecule has 0 aliphatic heterocycles. The van der Waals surface area contributed by atoms with Gasteiger partial charge in [0, 0.05) is 24.4 Å². The van der Waals surface area contributed by atoms with Gasteiger partial charge in [-0.05, 0) is 51.7 Å². The maximum absolute atomic E-state index is 4.72. The molecule has 4 heteroatoms. The molecule has 2 fully saturated rings. The van der Waals surface area contributed by atoms with Crippen molar-refractivity contribution in [3.8, 4) is 0 Å². The van der Waals surface area contributed by atoms with E-state index in [0.717, 1.165) is 5.82 Å². The summed E-state index contributed by atoms with van der Waals surface area (Å²) >= 11 is 0. The Hall–Kier alpha value is -1.58. The molecular formula is C19H28N4. The van der Waals surface area contributed by atoms with Gasteiger partial charge in [-0.25, -0.2) is 0 Å². The van der Waals surface area contributed by atoms with Crippen LogP contribution in [-0.2, 0) is 5.54 Å². The van der Waals surface area contributed by atoms with E-state index in [1.165, 1.54) is 57.2 Å². The third kappa shape index (κ3) is 2.73.